The molecule has 0 aliphatic carbocycles. The molecule has 3 aromatic rings. The number of hydrogen-bond donors (Lipinski definition) is 2. The van der Waals surface area contributed by atoms with E-state index in [1.807, 2.05) is 58.3 Å². The van der Waals surface area contributed by atoms with Gasteiger partial charge in [-0.3, -0.25) is 19.2 Å². The molecule has 4 saturated heterocycles. The summed E-state index contributed by atoms with van der Waals surface area (Å²) in [6.45, 7) is 3.59. The molecule has 0 radical (unpaired) electrons. The van der Waals surface area contributed by atoms with Crippen LogP contribution in [0, 0.1) is 11.8 Å². The number of oxazole rings is 1. The zero-order chi connectivity index (χ0) is 33.7. The van der Waals surface area contributed by atoms with Gasteiger partial charge in [-0.2, -0.15) is 0 Å². The van der Waals surface area contributed by atoms with E-state index in [9.17, 15) is 19.2 Å². The van der Waals surface area contributed by atoms with Crippen LogP contribution in [0.1, 0.15) is 51.4 Å². The van der Waals surface area contributed by atoms with Gasteiger partial charge >= 0.3 is 0 Å². The highest BCUT2D eigenvalue weighted by molar-refractivity contribution is 5.93. The van der Waals surface area contributed by atoms with Crippen molar-refractivity contribution in [2.75, 3.05) is 50.2 Å². The SMILES string of the molecule is O=C(C[C@@H]1CCCN1C(=O)C1CCOC1)Nc1ccc(-c2cnc(-c3ccc(NC(=O)C[C@@H]4CCCN4C(=O)C4CCOC4)cc3)o2)cc1. The van der Waals surface area contributed by atoms with Crippen molar-refractivity contribution < 1.29 is 33.1 Å². The van der Waals surface area contributed by atoms with Gasteiger partial charge in [0.25, 0.3) is 0 Å². The van der Waals surface area contributed by atoms with Crippen molar-refractivity contribution >= 4 is 35.0 Å². The maximum absolute atomic E-state index is 12.9. The Kier molecular flexibility index (Phi) is 10.0. The van der Waals surface area contributed by atoms with Gasteiger partial charge in [-0.25, -0.2) is 4.98 Å². The highest BCUT2D eigenvalue weighted by Gasteiger charge is 2.37. The summed E-state index contributed by atoms with van der Waals surface area (Å²) in [5, 5.41) is 5.93. The number of benzene rings is 2. The molecule has 4 aliphatic rings. The predicted octanol–water partition coefficient (Wildman–Crippen LogP) is 4.72. The number of carbonyl (C=O) groups excluding carboxylic acids is 4. The van der Waals surface area contributed by atoms with E-state index in [2.05, 4.69) is 15.6 Å². The molecule has 258 valence electrons. The number of carbonyl (C=O) groups is 4. The summed E-state index contributed by atoms with van der Waals surface area (Å²) in [5.41, 5.74) is 2.90. The number of ether oxygens (including phenoxy) is 2. The van der Waals surface area contributed by atoms with Gasteiger partial charge in [-0.05, 0) is 87.1 Å². The van der Waals surface area contributed by atoms with Gasteiger partial charge in [0.05, 0.1) is 31.2 Å². The van der Waals surface area contributed by atoms with Crippen molar-refractivity contribution in [3.63, 3.8) is 0 Å². The van der Waals surface area contributed by atoms with Crippen molar-refractivity contribution in [3.8, 4) is 22.8 Å². The van der Waals surface area contributed by atoms with Crippen LogP contribution in [0.2, 0.25) is 0 Å². The summed E-state index contributed by atoms with van der Waals surface area (Å²) in [6, 6.07) is 14.5. The number of anilines is 2. The molecule has 2 N–H and O–H groups in total. The van der Waals surface area contributed by atoms with Crippen molar-refractivity contribution in [3.05, 3.63) is 54.7 Å². The number of amides is 4. The van der Waals surface area contributed by atoms with Crippen LogP contribution in [-0.4, -0.2) is 90.0 Å². The summed E-state index contributed by atoms with van der Waals surface area (Å²) in [5.74, 6) is 0.832. The van der Waals surface area contributed by atoms with Gasteiger partial charge in [-0.15, -0.1) is 0 Å². The first-order valence-corrected chi connectivity index (χ1v) is 17.4. The maximum atomic E-state index is 12.9. The Labute approximate surface area is 285 Å². The molecule has 4 fully saturated rings. The molecule has 0 spiro atoms. The average Bonchev–Trinajstić information content (AvgIpc) is 3.95. The second kappa shape index (κ2) is 14.9. The average molecular weight is 670 g/mol. The minimum atomic E-state index is -0.122. The lowest BCUT2D eigenvalue weighted by Crippen LogP contribution is -2.41. The van der Waals surface area contributed by atoms with E-state index in [0.717, 1.165) is 49.7 Å². The highest BCUT2D eigenvalue weighted by atomic mass is 16.5. The molecule has 1 aromatic heterocycles. The van der Waals surface area contributed by atoms with Crippen LogP contribution in [0.25, 0.3) is 22.8 Å². The fourth-order valence-corrected chi connectivity index (χ4v) is 7.41. The van der Waals surface area contributed by atoms with Crippen LogP contribution in [-0.2, 0) is 28.7 Å². The molecular weight excluding hydrogens is 626 g/mol. The molecule has 12 nitrogen and oxygen atoms in total. The number of aromatic nitrogens is 1. The van der Waals surface area contributed by atoms with Crippen LogP contribution in [0.5, 0.6) is 0 Å². The topological polar surface area (TPSA) is 143 Å². The summed E-state index contributed by atoms with van der Waals surface area (Å²) in [7, 11) is 0. The van der Waals surface area contributed by atoms with Crippen molar-refractivity contribution in [2.24, 2.45) is 11.8 Å². The first-order valence-electron chi connectivity index (χ1n) is 17.4. The Morgan fingerprint density at radius 3 is 1.63 bits per heavy atom. The van der Waals surface area contributed by atoms with Gasteiger partial charge in [-0.1, -0.05) is 0 Å². The zero-order valence-electron chi connectivity index (χ0n) is 27.6. The molecule has 7 rings (SSSR count). The van der Waals surface area contributed by atoms with E-state index < -0.39 is 0 Å². The van der Waals surface area contributed by atoms with E-state index in [0.29, 0.717) is 62.5 Å². The first-order chi connectivity index (χ1) is 23.9. The quantitative estimate of drug-likeness (QED) is 0.316. The Hall–Kier alpha value is -4.55. The van der Waals surface area contributed by atoms with E-state index in [-0.39, 0.29) is 60.4 Å². The number of nitrogens with zero attached hydrogens (tertiary/aromatic N) is 3. The predicted molar refractivity (Wildman–Crippen MR) is 181 cm³/mol. The summed E-state index contributed by atoms with van der Waals surface area (Å²) in [6.07, 6.45) is 7.17. The Morgan fingerprint density at radius 1 is 0.673 bits per heavy atom. The third-order valence-corrected chi connectivity index (χ3v) is 10.1. The molecule has 0 saturated carbocycles. The number of rotatable bonds is 10. The fourth-order valence-electron chi connectivity index (χ4n) is 7.41. The lowest BCUT2D eigenvalue weighted by atomic mass is 10.1. The normalized spacial score (nSPS) is 23.6. The van der Waals surface area contributed by atoms with Crippen molar-refractivity contribution in [2.45, 2.75) is 63.5 Å². The highest BCUT2D eigenvalue weighted by Crippen LogP contribution is 2.30. The van der Waals surface area contributed by atoms with Gasteiger partial charge in [0.2, 0.25) is 29.5 Å². The van der Waals surface area contributed by atoms with E-state index in [1.54, 1.807) is 6.20 Å². The van der Waals surface area contributed by atoms with Crippen molar-refractivity contribution in [1.82, 2.24) is 14.8 Å². The summed E-state index contributed by atoms with van der Waals surface area (Å²) >= 11 is 0. The lowest BCUT2D eigenvalue weighted by molar-refractivity contribution is -0.138. The van der Waals surface area contributed by atoms with Gasteiger partial charge < -0.3 is 34.3 Å². The molecule has 2 aromatic carbocycles. The van der Waals surface area contributed by atoms with Crippen LogP contribution in [0.15, 0.2) is 59.1 Å². The Morgan fingerprint density at radius 2 is 1.16 bits per heavy atom. The molecule has 4 atom stereocenters. The number of nitrogens with one attached hydrogen (secondary N) is 2. The second-order valence-corrected chi connectivity index (χ2v) is 13.5. The minimum Gasteiger partial charge on any atom is -0.436 e. The molecule has 49 heavy (non-hydrogen) atoms. The third-order valence-electron chi connectivity index (χ3n) is 10.1. The standard InChI is InChI=1S/C37H43N5O7/c43-33(19-30-3-1-15-41(30)36(45)26-13-17-47-22-26)39-28-9-5-24(6-10-28)32-21-38-35(49-32)25-7-11-29(12-8-25)40-34(44)20-31-4-2-16-42(31)37(46)27-14-18-48-23-27/h5-12,21,26-27,30-31H,1-4,13-20,22-23H2,(H,39,43)(H,40,44)/t26?,27?,30-,31-/m0/s1. The molecule has 2 unspecified atom stereocenters. The number of hydrogen-bond acceptors (Lipinski definition) is 8. The third kappa shape index (κ3) is 7.70. The molecule has 4 aliphatic heterocycles. The van der Waals surface area contributed by atoms with Gasteiger partial charge in [0, 0.05) is 73.7 Å². The molecule has 5 heterocycles. The maximum Gasteiger partial charge on any atom is 0.228 e. The Bertz CT molecular complexity index is 1520. The molecular formula is C37H43N5O7. The van der Waals surface area contributed by atoms with Gasteiger partial charge in [0.1, 0.15) is 0 Å². The molecule has 0 bridgehead atoms. The van der Waals surface area contributed by atoms with Crippen molar-refractivity contribution in [1.29, 1.82) is 0 Å². The zero-order valence-corrected chi connectivity index (χ0v) is 27.6. The van der Waals surface area contributed by atoms with Crippen LogP contribution < -0.4 is 10.6 Å². The number of likely N-dealkylation sites (tertiary alicyclic amines) is 2. The van der Waals surface area contributed by atoms with E-state index >= 15 is 0 Å². The first kappa shape index (κ1) is 33.0. The largest absolute Gasteiger partial charge is 0.436 e. The molecule has 12 heteroatoms. The Balaban J connectivity index is 0.895. The summed E-state index contributed by atoms with van der Waals surface area (Å²) in [4.78, 5) is 59.7. The smallest absolute Gasteiger partial charge is 0.228 e. The lowest BCUT2D eigenvalue weighted by Gasteiger charge is -2.26. The molecule has 4 amide bonds. The fraction of sp³-hybridized carbons (Fsp3) is 0.486. The van der Waals surface area contributed by atoms with Gasteiger partial charge in [0.15, 0.2) is 5.76 Å². The van der Waals surface area contributed by atoms with Crippen LogP contribution in [0.3, 0.4) is 0 Å². The van der Waals surface area contributed by atoms with Crippen LogP contribution in [0.4, 0.5) is 11.4 Å². The monoisotopic (exact) mass is 669 g/mol. The van der Waals surface area contributed by atoms with Crippen LogP contribution >= 0.6 is 0 Å². The summed E-state index contributed by atoms with van der Waals surface area (Å²) < 4.78 is 16.8. The minimum absolute atomic E-state index is 0.0811. The second-order valence-electron chi connectivity index (χ2n) is 13.5. The van der Waals surface area contributed by atoms with E-state index in [1.165, 1.54) is 0 Å². The van der Waals surface area contributed by atoms with E-state index in [4.69, 9.17) is 13.9 Å².